The lowest BCUT2D eigenvalue weighted by molar-refractivity contribution is 0.324. The minimum absolute atomic E-state index is 0.148. The Labute approximate surface area is 160 Å². The molecule has 0 saturated carbocycles. The predicted molar refractivity (Wildman–Crippen MR) is 107 cm³/mol. The van der Waals surface area contributed by atoms with Crippen molar-refractivity contribution in [1.82, 2.24) is 0 Å². The highest BCUT2D eigenvalue weighted by atomic mass is 16.5. The maximum absolute atomic E-state index is 12.8. The second-order valence-corrected chi connectivity index (χ2v) is 6.21. The average molecular weight is 378 g/mol. The maximum atomic E-state index is 12.8. The third kappa shape index (κ3) is 2.70. The van der Waals surface area contributed by atoms with E-state index in [0.29, 0.717) is 44.9 Å². The van der Waals surface area contributed by atoms with E-state index in [0.717, 1.165) is 0 Å². The number of phenolic OH excluding ortho intramolecular Hbond substituents is 1. The summed E-state index contributed by atoms with van der Waals surface area (Å²) in [5.74, 6) is 1.28. The lowest BCUT2D eigenvalue weighted by Crippen LogP contribution is -2.02. The Morgan fingerprint density at radius 3 is 2.11 bits per heavy atom. The van der Waals surface area contributed by atoms with E-state index in [1.54, 1.807) is 42.5 Å². The summed E-state index contributed by atoms with van der Waals surface area (Å²) in [6.45, 7) is 0. The van der Waals surface area contributed by atoms with E-state index >= 15 is 0 Å². The van der Waals surface area contributed by atoms with Crippen LogP contribution in [-0.4, -0.2) is 26.4 Å². The quantitative estimate of drug-likeness (QED) is 0.532. The molecule has 0 aliphatic rings. The molecule has 0 fully saturated rings. The first-order valence-electron chi connectivity index (χ1n) is 8.56. The summed E-state index contributed by atoms with van der Waals surface area (Å²) in [5, 5.41) is 11.1. The molecule has 0 spiro atoms. The molecule has 3 aromatic carbocycles. The highest BCUT2D eigenvalue weighted by Gasteiger charge is 2.17. The average Bonchev–Trinajstić information content (AvgIpc) is 2.72. The van der Waals surface area contributed by atoms with E-state index in [1.807, 2.05) is 0 Å². The smallest absolute Gasteiger partial charge is 0.204 e. The van der Waals surface area contributed by atoms with Crippen LogP contribution >= 0.6 is 0 Å². The maximum Gasteiger partial charge on any atom is 0.204 e. The van der Waals surface area contributed by atoms with Gasteiger partial charge in [0.05, 0.1) is 26.7 Å². The molecular weight excluding hydrogens is 360 g/mol. The topological polar surface area (TPSA) is 78.1 Å². The van der Waals surface area contributed by atoms with Crippen LogP contribution in [0.15, 0.2) is 57.7 Å². The van der Waals surface area contributed by atoms with Crippen molar-refractivity contribution in [2.24, 2.45) is 0 Å². The molecule has 4 aromatic rings. The molecule has 1 N–H and O–H groups in total. The van der Waals surface area contributed by atoms with Crippen LogP contribution in [0.25, 0.3) is 33.1 Å². The Morgan fingerprint density at radius 2 is 1.46 bits per heavy atom. The Balaban J connectivity index is 2.00. The normalized spacial score (nSPS) is 11.0. The van der Waals surface area contributed by atoms with E-state index in [4.69, 9.17) is 18.6 Å². The molecule has 0 saturated heterocycles. The molecule has 0 atom stereocenters. The van der Waals surface area contributed by atoms with E-state index in [1.165, 1.54) is 27.4 Å². The van der Waals surface area contributed by atoms with Crippen molar-refractivity contribution < 1.29 is 23.7 Å². The molecule has 0 amide bonds. The highest BCUT2D eigenvalue weighted by Crippen LogP contribution is 2.42. The van der Waals surface area contributed by atoms with Crippen molar-refractivity contribution in [2.45, 2.75) is 0 Å². The molecular formula is C22H18O6. The number of aromatic hydroxyl groups is 1. The van der Waals surface area contributed by atoms with Gasteiger partial charge in [-0.3, -0.25) is 4.79 Å². The Kier molecular flexibility index (Phi) is 4.31. The summed E-state index contributed by atoms with van der Waals surface area (Å²) in [6, 6.07) is 13.7. The van der Waals surface area contributed by atoms with Gasteiger partial charge in [-0.2, -0.15) is 0 Å². The van der Waals surface area contributed by atoms with Crippen molar-refractivity contribution in [3.05, 3.63) is 58.8 Å². The first-order valence-corrected chi connectivity index (χ1v) is 8.56. The lowest BCUT2D eigenvalue weighted by Gasteiger charge is -2.14. The van der Waals surface area contributed by atoms with Gasteiger partial charge in [0.25, 0.3) is 0 Å². The fourth-order valence-corrected chi connectivity index (χ4v) is 3.32. The van der Waals surface area contributed by atoms with Crippen LogP contribution in [0.1, 0.15) is 0 Å². The molecule has 0 aliphatic carbocycles. The van der Waals surface area contributed by atoms with E-state index in [-0.39, 0.29) is 16.6 Å². The molecule has 1 aromatic heterocycles. The van der Waals surface area contributed by atoms with Crippen LogP contribution in [0.4, 0.5) is 0 Å². The zero-order valence-corrected chi connectivity index (χ0v) is 15.6. The van der Waals surface area contributed by atoms with E-state index in [9.17, 15) is 9.90 Å². The molecule has 6 nitrogen and oxygen atoms in total. The highest BCUT2D eigenvalue weighted by molar-refractivity contribution is 5.95. The SMILES string of the molecule is COc1cc(-c2cc(O)c3c(=O)c4ccccc4oc3c2)cc(OC)c1OC. The second kappa shape index (κ2) is 6.81. The number of para-hydroxylation sites is 1. The van der Waals surface area contributed by atoms with Crippen molar-refractivity contribution in [1.29, 1.82) is 0 Å². The van der Waals surface area contributed by atoms with Gasteiger partial charge >= 0.3 is 0 Å². The summed E-state index contributed by atoms with van der Waals surface area (Å²) in [7, 11) is 4.59. The van der Waals surface area contributed by atoms with Crippen LogP contribution in [0.5, 0.6) is 23.0 Å². The zero-order valence-electron chi connectivity index (χ0n) is 15.6. The molecule has 142 valence electrons. The Hall–Kier alpha value is -3.67. The van der Waals surface area contributed by atoms with Gasteiger partial charge in [0.1, 0.15) is 22.3 Å². The van der Waals surface area contributed by atoms with Crippen molar-refractivity contribution >= 4 is 21.9 Å². The van der Waals surface area contributed by atoms with Crippen LogP contribution in [0.2, 0.25) is 0 Å². The number of phenols is 1. The number of hydrogen-bond donors (Lipinski definition) is 1. The number of benzene rings is 3. The molecule has 28 heavy (non-hydrogen) atoms. The number of ether oxygens (including phenoxy) is 3. The third-order valence-electron chi connectivity index (χ3n) is 4.66. The van der Waals surface area contributed by atoms with Gasteiger partial charge in [0, 0.05) is 0 Å². The summed E-state index contributed by atoms with van der Waals surface area (Å²) in [5.41, 5.74) is 1.84. The predicted octanol–water partition coefficient (Wildman–Crippen LogP) is 4.34. The molecule has 4 rings (SSSR count). The Bertz CT molecular complexity index is 1230. The minimum Gasteiger partial charge on any atom is -0.507 e. The Morgan fingerprint density at radius 1 is 0.821 bits per heavy atom. The minimum atomic E-state index is -0.272. The second-order valence-electron chi connectivity index (χ2n) is 6.21. The first-order chi connectivity index (χ1) is 13.6. The van der Waals surface area contributed by atoms with Crippen molar-refractivity contribution in [2.75, 3.05) is 21.3 Å². The number of methoxy groups -OCH3 is 3. The van der Waals surface area contributed by atoms with Crippen molar-refractivity contribution in [3.8, 4) is 34.1 Å². The third-order valence-corrected chi connectivity index (χ3v) is 4.66. The van der Waals surface area contributed by atoms with Gasteiger partial charge in [-0.05, 0) is 47.5 Å². The van der Waals surface area contributed by atoms with Gasteiger partial charge in [0.2, 0.25) is 11.2 Å². The van der Waals surface area contributed by atoms with Crippen LogP contribution in [-0.2, 0) is 0 Å². The van der Waals surface area contributed by atoms with Crippen LogP contribution < -0.4 is 19.6 Å². The van der Waals surface area contributed by atoms with Gasteiger partial charge in [-0.15, -0.1) is 0 Å². The summed E-state index contributed by atoms with van der Waals surface area (Å²) < 4.78 is 22.0. The van der Waals surface area contributed by atoms with Crippen molar-refractivity contribution in [3.63, 3.8) is 0 Å². The van der Waals surface area contributed by atoms with E-state index < -0.39 is 0 Å². The fourth-order valence-electron chi connectivity index (χ4n) is 3.32. The first kappa shape index (κ1) is 17.7. The van der Waals surface area contributed by atoms with Gasteiger partial charge < -0.3 is 23.7 Å². The standard InChI is InChI=1S/C22H18O6/c1-25-18-10-13(11-19(26-2)22(18)27-3)12-8-15(23)20-17(9-12)28-16-7-5-4-6-14(16)21(20)24/h4-11,23H,1-3H3. The molecule has 0 bridgehead atoms. The van der Waals surface area contributed by atoms with E-state index in [2.05, 4.69) is 0 Å². The fraction of sp³-hybridized carbons (Fsp3) is 0.136. The summed E-state index contributed by atoms with van der Waals surface area (Å²) >= 11 is 0. The number of fused-ring (bicyclic) bond motifs is 2. The molecule has 0 radical (unpaired) electrons. The van der Waals surface area contributed by atoms with Crippen LogP contribution in [0, 0.1) is 0 Å². The van der Waals surface area contributed by atoms with Gasteiger partial charge in [-0.25, -0.2) is 0 Å². The monoisotopic (exact) mass is 378 g/mol. The summed E-state index contributed by atoms with van der Waals surface area (Å²) in [4.78, 5) is 12.8. The lowest BCUT2D eigenvalue weighted by atomic mass is 10.0. The number of rotatable bonds is 4. The largest absolute Gasteiger partial charge is 0.507 e. The molecule has 1 heterocycles. The zero-order chi connectivity index (χ0) is 19.8. The number of hydrogen-bond acceptors (Lipinski definition) is 6. The van der Waals surface area contributed by atoms with Gasteiger partial charge in [0.15, 0.2) is 11.5 Å². The molecule has 6 heteroatoms. The van der Waals surface area contributed by atoms with Crippen LogP contribution in [0.3, 0.4) is 0 Å². The molecule has 0 unspecified atom stereocenters. The summed E-state index contributed by atoms with van der Waals surface area (Å²) in [6.07, 6.45) is 0. The molecule has 0 aliphatic heterocycles. The van der Waals surface area contributed by atoms with Gasteiger partial charge in [-0.1, -0.05) is 12.1 Å².